The van der Waals surface area contributed by atoms with E-state index in [-0.39, 0.29) is 12.5 Å². The van der Waals surface area contributed by atoms with Crippen LogP contribution in [0.5, 0.6) is 0 Å². The second-order valence-electron chi connectivity index (χ2n) is 5.71. The Balaban J connectivity index is 1.79. The van der Waals surface area contributed by atoms with Crippen molar-refractivity contribution in [1.82, 2.24) is 9.55 Å². The fourth-order valence-electron chi connectivity index (χ4n) is 2.43. The summed E-state index contributed by atoms with van der Waals surface area (Å²) in [6.45, 7) is 6.41. The van der Waals surface area contributed by atoms with Gasteiger partial charge in [-0.05, 0) is 56.2 Å². The van der Waals surface area contributed by atoms with Gasteiger partial charge in [-0.3, -0.25) is 4.79 Å². The summed E-state index contributed by atoms with van der Waals surface area (Å²) in [4.78, 5) is 16.6. The smallest absolute Gasteiger partial charge is 0.244 e. The minimum Gasteiger partial charge on any atom is -0.325 e. The lowest BCUT2D eigenvalue weighted by atomic mass is 10.1. The van der Waals surface area contributed by atoms with E-state index in [0.717, 1.165) is 16.7 Å². The van der Waals surface area contributed by atoms with Gasteiger partial charge < -0.3 is 9.88 Å². The van der Waals surface area contributed by atoms with E-state index in [1.807, 2.05) is 35.8 Å². The second-order valence-corrected chi connectivity index (χ2v) is 5.71. The van der Waals surface area contributed by atoms with Gasteiger partial charge in [0.2, 0.25) is 5.91 Å². The number of amides is 1. The Morgan fingerprint density at radius 3 is 2.50 bits per heavy atom. The van der Waals surface area contributed by atoms with E-state index in [1.165, 1.54) is 16.7 Å². The standard InChI is InChI=1S/C18H19N3O/c1-12-4-6-15(7-5-12)20-18(22)10-21-11-19-16-8-13(2)14(3)9-17(16)21/h4-9,11H,10H2,1-3H3,(H,20,22). The first-order chi connectivity index (χ1) is 10.5. The zero-order valence-corrected chi connectivity index (χ0v) is 13.1. The highest BCUT2D eigenvalue weighted by atomic mass is 16.1. The van der Waals surface area contributed by atoms with Crippen LogP contribution in [0.2, 0.25) is 0 Å². The third-order valence-corrected chi connectivity index (χ3v) is 3.89. The van der Waals surface area contributed by atoms with E-state index >= 15 is 0 Å². The molecule has 1 N–H and O–H groups in total. The fourth-order valence-corrected chi connectivity index (χ4v) is 2.43. The van der Waals surface area contributed by atoms with Gasteiger partial charge in [0.15, 0.2) is 0 Å². The molecule has 0 aliphatic rings. The van der Waals surface area contributed by atoms with Crippen LogP contribution in [0.1, 0.15) is 16.7 Å². The van der Waals surface area contributed by atoms with Crippen LogP contribution in [-0.2, 0) is 11.3 Å². The number of anilines is 1. The molecule has 0 saturated carbocycles. The molecule has 22 heavy (non-hydrogen) atoms. The predicted molar refractivity (Wildman–Crippen MR) is 89.0 cm³/mol. The third-order valence-electron chi connectivity index (χ3n) is 3.89. The highest BCUT2D eigenvalue weighted by Crippen LogP contribution is 2.18. The number of hydrogen-bond acceptors (Lipinski definition) is 2. The molecule has 4 nitrogen and oxygen atoms in total. The molecule has 1 amide bonds. The van der Waals surface area contributed by atoms with Crippen LogP contribution in [0.15, 0.2) is 42.7 Å². The van der Waals surface area contributed by atoms with E-state index in [9.17, 15) is 4.79 Å². The van der Waals surface area contributed by atoms with Crippen LogP contribution < -0.4 is 5.32 Å². The van der Waals surface area contributed by atoms with E-state index in [4.69, 9.17) is 0 Å². The maximum Gasteiger partial charge on any atom is 0.244 e. The maximum absolute atomic E-state index is 12.2. The zero-order chi connectivity index (χ0) is 15.7. The molecule has 1 heterocycles. The summed E-state index contributed by atoms with van der Waals surface area (Å²) in [5.74, 6) is -0.0543. The monoisotopic (exact) mass is 293 g/mol. The molecule has 3 rings (SSSR count). The van der Waals surface area contributed by atoms with Gasteiger partial charge in [-0.25, -0.2) is 4.98 Å². The lowest BCUT2D eigenvalue weighted by Crippen LogP contribution is -2.18. The number of carbonyl (C=O) groups excluding carboxylic acids is 1. The van der Waals surface area contributed by atoms with Crippen molar-refractivity contribution >= 4 is 22.6 Å². The van der Waals surface area contributed by atoms with Crippen LogP contribution in [0, 0.1) is 20.8 Å². The van der Waals surface area contributed by atoms with Crippen molar-refractivity contribution in [3.05, 3.63) is 59.4 Å². The molecule has 0 spiro atoms. The number of nitrogens with one attached hydrogen (secondary N) is 1. The average molecular weight is 293 g/mol. The number of aryl methyl sites for hydroxylation is 3. The van der Waals surface area contributed by atoms with Crippen molar-refractivity contribution in [3.63, 3.8) is 0 Å². The summed E-state index contributed by atoms with van der Waals surface area (Å²) in [5, 5.41) is 2.91. The highest BCUT2D eigenvalue weighted by Gasteiger charge is 2.09. The third kappa shape index (κ3) is 2.86. The normalized spacial score (nSPS) is 10.9. The molecule has 0 bridgehead atoms. The summed E-state index contributed by atoms with van der Waals surface area (Å²) < 4.78 is 1.88. The summed E-state index contributed by atoms with van der Waals surface area (Å²) in [7, 11) is 0. The van der Waals surface area contributed by atoms with E-state index in [1.54, 1.807) is 6.33 Å². The van der Waals surface area contributed by atoms with Crippen LogP contribution in [0.25, 0.3) is 11.0 Å². The molecular weight excluding hydrogens is 274 g/mol. The Morgan fingerprint density at radius 1 is 1.09 bits per heavy atom. The number of hydrogen-bond donors (Lipinski definition) is 1. The lowest BCUT2D eigenvalue weighted by molar-refractivity contribution is -0.116. The molecule has 0 atom stereocenters. The highest BCUT2D eigenvalue weighted by molar-refractivity contribution is 5.91. The average Bonchev–Trinajstić information content (AvgIpc) is 2.84. The van der Waals surface area contributed by atoms with Gasteiger partial charge >= 0.3 is 0 Å². The maximum atomic E-state index is 12.2. The number of benzene rings is 2. The number of aromatic nitrogens is 2. The molecule has 112 valence electrons. The van der Waals surface area contributed by atoms with Crippen LogP contribution in [-0.4, -0.2) is 15.5 Å². The van der Waals surface area contributed by atoms with Crippen LogP contribution in [0.4, 0.5) is 5.69 Å². The minimum atomic E-state index is -0.0543. The Morgan fingerprint density at radius 2 is 1.77 bits per heavy atom. The topological polar surface area (TPSA) is 46.9 Å². The molecule has 0 unspecified atom stereocenters. The molecule has 2 aromatic carbocycles. The lowest BCUT2D eigenvalue weighted by Gasteiger charge is -2.08. The van der Waals surface area contributed by atoms with Crippen LogP contribution >= 0.6 is 0 Å². The first kappa shape index (κ1) is 14.3. The molecule has 3 aromatic rings. The van der Waals surface area contributed by atoms with Crippen LogP contribution in [0.3, 0.4) is 0 Å². The van der Waals surface area contributed by atoms with Crippen molar-refractivity contribution < 1.29 is 4.79 Å². The Kier molecular flexibility index (Phi) is 3.67. The van der Waals surface area contributed by atoms with Gasteiger partial charge in [0.05, 0.1) is 17.4 Å². The number of nitrogens with zero attached hydrogens (tertiary/aromatic N) is 2. The molecule has 0 saturated heterocycles. The number of fused-ring (bicyclic) bond motifs is 1. The largest absolute Gasteiger partial charge is 0.325 e. The summed E-state index contributed by atoms with van der Waals surface area (Å²) in [5.41, 5.74) is 6.31. The first-order valence-corrected chi connectivity index (χ1v) is 7.31. The zero-order valence-electron chi connectivity index (χ0n) is 13.1. The van der Waals surface area contributed by atoms with Crippen molar-refractivity contribution in [3.8, 4) is 0 Å². The first-order valence-electron chi connectivity index (χ1n) is 7.31. The molecule has 0 radical (unpaired) electrons. The van der Waals surface area contributed by atoms with Gasteiger partial charge in [-0.2, -0.15) is 0 Å². The van der Waals surface area contributed by atoms with E-state index in [2.05, 4.69) is 36.3 Å². The minimum absolute atomic E-state index is 0.0543. The SMILES string of the molecule is Cc1ccc(NC(=O)Cn2cnc3cc(C)c(C)cc32)cc1. The quantitative estimate of drug-likeness (QED) is 0.802. The summed E-state index contributed by atoms with van der Waals surface area (Å²) in [6, 6.07) is 11.9. The number of rotatable bonds is 3. The summed E-state index contributed by atoms with van der Waals surface area (Å²) in [6.07, 6.45) is 1.72. The van der Waals surface area contributed by atoms with Gasteiger partial charge in [-0.1, -0.05) is 17.7 Å². The molecule has 0 fully saturated rings. The Hall–Kier alpha value is -2.62. The van der Waals surface area contributed by atoms with E-state index < -0.39 is 0 Å². The molecular formula is C18H19N3O. The predicted octanol–water partition coefficient (Wildman–Crippen LogP) is 3.60. The molecule has 1 aromatic heterocycles. The van der Waals surface area contributed by atoms with Gasteiger partial charge in [0, 0.05) is 5.69 Å². The van der Waals surface area contributed by atoms with Crippen molar-refractivity contribution in [1.29, 1.82) is 0 Å². The van der Waals surface area contributed by atoms with Crippen molar-refractivity contribution in [2.45, 2.75) is 27.3 Å². The van der Waals surface area contributed by atoms with E-state index in [0.29, 0.717) is 0 Å². The van der Waals surface area contributed by atoms with Gasteiger partial charge in [0.25, 0.3) is 0 Å². The number of imidazole rings is 1. The van der Waals surface area contributed by atoms with Gasteiger partial charge in [-0.15, -0.1) is 0 Å². The van der Waals surface area contributed by atoms with Crippen molar-refractivity contribution in [2.24, 2.45) is 0 Å². The summed E-state index contributed by atoms with van der Waals surface area (Å²) >= 11 is 0. The molecule has 0 aliphatic carbocycles. The second kappa shape index (κ2) is 5.64. The fraction of sp³-hybridized carbons (Fsp3) is 0.222. The molecule has 4 heteroatoms. The van der Waals surface area contributed by atoms with Gasteiger partial charge in [0.1, 0.15) is 6.54 Å². The Bertz CT molecular complexity index is 831. The molecule has 0 aliphatic heterocycles. The number of carbonyl (C=O) groups is 1. The Labute approximate surface area is 129 Å². The van der Waals surface area contributed by atoms with Crippen molar-refractivity contribution in [2.75, 3.05) is 5.32 Å².